The summed E-state index contributed by atoms with van der Waals surface area (Å²) in [5, 5.41) is 0. The van der Waals surface area contributed by atoms with Gasteiger partial charge >= 0.3 is 0 Å². The van der Waals surface area contributed by atoms with E-state index in [0.29, 0.717) is 54.1 Å². The Morgan fingerprint density at radius 1 is 0.919 bits per heavy atom. The molecule has 2 aliphatic heterocycles. The Morgan fingerprint density at radius 2 is 1.70 bits per heavy atom. The van der Waals surface area contributed by atoms with Crippen LogP contribution in [-0.4, -0.2) is 45.9 Å². The molecule has 0 unspecified atom stereocenters. The lowest BCUT2D eigenvalue weighted by atomic mass is 9.98. The van der Waals surface area contributed by atoms with Gasteiger partial charge in [-0.3, -0.25) is 9.69 Å². The number of carbonyl (C=O) groups excluding carboxylic acids is 1. The molecule has 3 aromatic carbocycles. The predicted octanol–water partition coefficient (Wildman–Crippen LogP) is 5.00. The molecule has 0 N–H and O–H groups in total. The van der Waals surface area contributed by atoms with E-state index in [1.54, 1.807) is 40.6 Å². The van der Waals surface area contributed by atoms with E-state index in [1.165, 1.54) is 0 Å². The van der Waals surface area contributed by atoms with Crippen molar-refractivity contribution in [1.29, 1.82) is 0 Å². The summed E-state index contributed by atoms with van der Waals surface area (Å²) in [4.78, 5) is 15.5. The summed E-state index contributed by atoms with van der Waals surface area (Å²) in [5.74, 6) is 3.97. The maximum atomic E-state index is 13.4. The first kappa shape index (κ1) is 24.5. The van der Waals surface area contributed by atoms with Crippen molar-refractivity contribution in [2.45, 2.75) is 20.0 Å². The second kappa shape index (κ2) is 10.1. The molecular weight excluding hydrogens is 474 g/mol. The monoisotopic (exact) mass is 503 g/mol. The van der Waals surface area contributed by atoms with Crippen molar-refractivity contribution in [3.8, 4) is 34.5 Å². The fourth-order valence-corrected chi connectivity index (χ4v) is 4.69. The van der Waals surface area contributed by atoms with E-state index < -0.39 is 0 Å². The minimum absolute atomic E-state index is 0.162. The summed E-state index contributed by atoms with van der Waals surface area (Å²) < 4.78 is 33.9. The summed E-state index contributed by atoms with van der Waals surface area (Å²) in [7, 11) is 6.40. The average molecular weight is 504 g/mol. The van der Waals surface area contributed by atoms with Crippen molar-refractivity contribution in [3.63, 3.8) is 0 Å². The van der Waals surface area contributed by atoms with Crippen LogP contribution in [-0.2, 0) is 13.1 Å². The molecule has 0 aromatic heterocycles. The predicted molar refractivity (Wildman–Crippen MR) is 138 cm³/mol. The smallest absolute Gasteiger partial charge is 0.232 e. The van der Waals surface area contributed by atoms with E-state index in [1.807, 2.05) is 43.3 Å². The summed E-state index contributed by atoms with van der Waals surface area (Å²) in [6.07, 6.45) is 1.71. The Balaban J connectivity index is 1.44. The number of ether oxygens (including phenoxy) is 6. The molecule has 0 radical (unpaired) electrons. The molecule has 0 amide bonds. The van der Waals surface area contributed by atoms with Gasteiger partial charge in [0.25, 0.3) is 0 Å². The maximum Gasteiger partial charge on any atom is 0.232 e. The zero-order valence-corrected chi connectivity index (χ0v) is 21.5. The largest absolute Gasteiger partial charge is 0.497 e. The average Bonchev–Trinajstić information content (AvgIpc) is 3.25. The highest BCUT2D eigenvalue weighted by Crippen LogP contribution is 2.44. The van der Waals surface area contributed by atoms with Crippen LogP contribution in [0.3, 0.4) is 0 Å². The molecule has 0 bridgehead atoms. The van der Waals surface area contributed by atoms with Gasteiger partial charge in [-0.05, 0) is 54.5 Å². The van der Waals surface area contributed by atoms with Crippen molar-refractivity contribution < 1.29 is 33.2 Å². The molecular formula is C29H29NO7. The lowest BCUT2D eigenvalue weighted by Gasteiger charge is -2.30. The lowest BCUT2D eigenvalue weighted by Crippen LogP contribution is -2.31. The van der Waals surface area contributed by atoms with Gasteiger partial charge in [-0.2, -0.15) is 0 Å². The highest BCUT2D eigenvalue weighted by molar-refractivity contribution is 6.16. The van der Waals surface area contributed by atoms with Gasteiger partial charge in [-0.25, -0.2) is 0 Å². The van der Waals surface area contributed by atoms with Crippen LogP contribution in [0.15, 0.2) is 48.2 Å². The molecule has 5 rings (SSSR count). The lowest BCUT2D eigenvalue weighted by molar-refractivity contribution is 0.0871. The van der Waals surface area contributed by atoms with Crippen LogP contribution in [0.1, 0.15) is 32.6 Å². The molecule has 0 saturated heterocycles. The van der Waals surface area contributed by atoms with Crippen LogP contribution in [0, 0.1) is 6.92 Å². The molecule has 8 nitrogen and oxygen atoms in total. The molecule has 0 fully saturated rings. The molecule has 2 heterocycles. The third kappa shape index (κ3) is 4.56. The third-order valence-electron chi connectivity index (χ3n) is 6.57. The van der Waals surface area contributed by atoms with Crippen LogP contribution in [0.5, 0.6) is 34.5 Å². The number of rotatable bonds is 7. The Labute approximate surface area is 215 Å². The van der Waals surface area contributed by atoms with Crippen molar-refractivity contribution in [3.05, 3.63) is 76.0 Å². The zero-order chi connectivity index (χ0) is 26.1. The normalized spacial score (nSPS) is 15.5. The van der Waals surface area contributed by atoms with Crippen LogP contribution in [0.25, 0.3) is 6.08 Å². The van der Waals surface area contributed by atoms with Crippen molar-refractivity contribution in [2.24, 2.45) is 0 Å². The van der Waals surface area contributed by atoms with Crippen molar-refractivity contribution in [2.75, 3.05) is 35.2 Å². The summed E-state index contributed by atoms with van der Waals surface area (Å²) in [5.41, 5.74) is 4.01. The van der Waals surface area contributed by atoms with Crippen LogP contribution in [0.4, 0.5) is 0 Å². The number of hydrogen-bond donors (Lipinski definition) is 0. The number of Topliss-reactive ketones (excluding diaryl/α,β-unsaturated/α-hetero) is 1. The first-order valence-corrected chi connectivity index (χ1v) is 11.8. The maximum absolute atomic E-state index is 13.4. The number of ketones is 1. The Hall–Kier alpha value is -4.17. The molecule has 0 spiro atoms. The van der Waals surface area contributed by atoms with Gasteiger partial charge in [0.1, 0.15) is 29.7 Å². The van der Waals surface area contributed by atoms with Crippen molar-refractivity contribution >= 4 is 11.9 Å². The fourth-order valence-electron chi connectivity index (χ4n) is 4.69. The van der Waals surface area contributed by atoms with Gasteiger partial charge in [0.15, 0.2) is 17.3 Å². The van der Waals surface area contributed by atoms with Gasteiger partial charge in [0, 0.05) is 24.7 Å². The number of benzene rings is 3. The van der Waals surface area contributed by atoms with E-state index in [2.05, 4.69) is 4.90 Å². The van der Waals surface area contributed by atoms with E-state index in [0.717, 1.165) is 28.0 Å². The van der Waals surface area contributed by atoms with Crippen LogP contribution in [0.2, 0.25) is 0 Å². The number of hydrogen-bond acceptors (Lipinski definition) is 8. The minimum Gasteiger partial charge on any atom is -0.497 e. The van der Waals surface area contributed by atoms with Crippen molar-refractivity contribution in [1.82, 2.24) is 4.90 Å². The summed E-state index contributed by atoms with van der Waals surface area (Å²) >= 11 is 0. The standard InChI is InChI=1S/C29H29NO7/c1-17-10-24-21(15-30(16-36-24)14-18-6-9-22(33-3)25(11-18)35-5)29-27(17)28(31)26(37-29)12-19-7-8-20(32-2)13-23(19)34-4/h6-13H,14-16H2,1-5H3/b26-12-. The molecule has 2 aliphatic rings. The second-order valence-electron chi connectivity index (χ2n) is 8.87. The Morgan fingerprint density at radius 3 is 2.43 bits per heavy atom. The van der Waals surface area contributed by atoms with Gasteiger partial charge in [-0.1, -0.05) is 6.07 Å². The zero-order valence-electron chi connectivity index (χ0n) is 21.5. The second-order valence-corrected chi connectivity index (χ2v) is 8.87. The van der Waals surface area contributed by atoms with Gasteiger partial charge in [0.2, 0.25) is 5.78 Å². The SMILES string of the molecule is COc1ccc(/C=C2\Oc3c4c(cc(C)c3C2=O)OCN(Cc2ccc(OC)c(OC)c2)C4)c(OC)c1. The molecule has 3 aromatic rings. The first-order valence-electron chi connectivity index (χ1n) is 11.8. The molecule has 0 saturated carbocycles. The van der Waals surface area contributed by atoms with E-state index in [9.17, 15) is 4.79 Å². The van der Waals surface area contributed by atoms with Crippen LogP contribution < -0.4 is 28.4 Å². The highest BCUT2D eigenvalue weighted by Gasteiger charge is 2.35. The number of allylic oxidation sites excluding steroid dienone is 1. The topological polar surface area (TPSA) is 75.7 Å². The number of carbonyl (C=O) groups is 1. The number of fused-ring (bicyclic) bond motifs is 3. The molecule has 192 valence electrons. The van der Waals surface area contributed by atoms with Gasteiger partial charge in [-0.15, -0.1) is 0 Å². The number of aryl methyl sites for hydroxylation is 1. The summed E-state index contributed by atoms with van der Waals surface area (Å²) in [6.45, 7) is 3.51. The van der Waals surface area contributed by atoms with E-state index in [4.69, 9.17) is 28.4 Å². The third-order valence-corrected chi connectivity index (χ3v) is 6.57. The van der Waals surface area contributed by atoms with E-state index >= 15 is 0 Å². The quantitative estimate of drug-likeness (QED) is 0.417. The summed E-state index contributed by atoms with van der Waals surface area (Å²) in [6, 6.07) is 13.2. The number of methoxy groups -OCH3 is 4. The molecule has 37 heavy (non-hydrogen) atoms. The fraction of sp³-hybridized carbons (Fsp3) is 0.276. The number of nitrogens with zero attached hydrogens (tertiary/aromatic N) is 1. The molecule has 0 aliphatic carbocycles. The van der Waals surface area contributed by atoms with Gasteiger partial charge in [0.05, 0.1) is 39.6 Å². The molecule has 0 atom stereocenters. The van der Waals surface area contributed by atoms with E-state index in [-0.39, 0.29) is 11.5 Å². The van der Waals surface area contributed by atoms with Gasteiger partial charge < -0.3 is 28.4 Å². The first-order chi connectivity index (χ1) is 17.9. The highest BCUT2D eigenvalue weighted by atomic mass is 16.5. The molecule has 8 heteroatoms. The van der Waals surface area contributed by atoms with Crippen LogP contribution >= 0.6 is 0 Å². The minimum atomic E-state index is -0.162. The Bertz CT molecular complexity index is 1400. The Kier molecular flexibility index (Phi) is 6.67.